The van der Waals surface area contributed by atoms with Gasteiger partial charge in [-0.05, 0) is 13.8 Å². The molecule has 0 radical (unpaired) electrons. The molecular formula is C8H14O5. The SMILES string of the molecule is CC1(C)OC2C(O)OC(CO)[C@H]2O1. The molecule has 0 spiro atoms. The number of rotatable bonds is 1. The highest BCUT2D eigenvalue weighted by Crippen LogP contribution is 2.37. The zero-order chi connectivity index (χ0) is 9.64. The molecule has 4 atom stereocenters. The summed E-state index contributed by atoms with van der Waals surface area (Å²) in [6.45, 7) is 3.37. The van der Waals surface area contributed by atoms with Gasteiger partial charge in [0, 0.05) is 0 Å². The van der Waals surface area contributed by atoms with E-state index in [1.807, 2.05) is 0 Å². The van der Waals surface area contributed by atoms with Crippen molar-refractivity contribution in [3.05, 3.63) is 0 Å². The van der Waals surface area contributed by atoms with Gasteiger partial charge < -0.3 is 24.4 Å². The van der Waals surface area contributed by atoms with E-state index in [1.54, 1.807) is 13.8 Å². The van der Waals surface area contributed by atoms with Crippen molar-refractivity contribution in [3.8, 4) is 0 Å². The average Bonchev–Trinajstić information content (AvgIpc) is 2.47. The molecule has 0 aliphatic carbocycles. The fourth-order valence-corrected chi connectivity index (χ4v) is 1.81. The van der Waals surface area contributed by atoms with Crippen LogP contribution in [-0.2, 0) is 14.2 Å². The van der Waals surface area contributed by atoms with Crippen LogP contribution < -0.4 is 0 Å². The number of hydrogen-bond acceptors (Lipinski definition) is 5. The molecule has 0 saturated carbocycles. The van der Waals surface area contributed by atoms with Crippen LogP contribution in [0.3, 0.4) is 0 Å². The van der Waals surface area contributed by atoms with Crippen LogP contribution in [0.25, 0.3) is 0 Å². The van der Waals surface area contributed by atoms with Crippen LogP contribution in [0, 0.1) is 0 Å². The normalized spacial score (nSPS) is 48.0. The molecule has 2 saturated heterocycles. The molecule has 0 bridgehead atoms. The second-order valence-electron chi connectivity index (χ2n) is 3.81. The summed E-state index contributed by atoms with van der Waals surface area (Å²) >= 11 is 0. The van der Waals surface area contributed by atoms with Crippen LogP contribution in [-0.4, -0.2) is 47.2 Å². The van der Waals surface area contributed by atoms with E-state index in [4.69, 9.17) is 19.3 Å². The number of aliphatic hydroxyl groups is 2. The standard InChI is InChI=1S/C8H14O5/c1-8(2)12-5-4(3-9)11-7(10)6(5)13-8/h4-7,9-10H,3H2,1-2H3/t4?,5-,6?,7?/m1/s1. The molecule has 5 nitrogen and oxygen atoms in total. The molecule has 13 heavy (non-hydrogen) atoms. The van der Waals surface area contributed by atoms with Crippen molar-refractivity contribution in [2.45, 2.75) is 44.2 Å². The first kappa shape index (κ1) is 9.36. The number of hydrogen-bond donors (Lipinski definition) is 2. The molecule has 0 aromatic heterocycles. The molecule has 0 aromatic rings. The van der Waals surface area contributed by atoms with Gasteiger partial charge in [0.25, 0.3) is 0 Å². The van der Waals surface area contributed by atoms with E-state index in [0.717, 1.165) is 0 Å². The molecule has 2 rings (SSSR count). The first-order valence-corrected chi connectivity index (χ1v) is 4.33. The maximum atomic E-state index is 9.39. The molecule has 5 heteroatoms. The summed E-state index contributed by atoms with van der Waals surface area (Å²) in [5.74, 6) is -0.701. The fourth-order valence-electron chi connectivity index (χ4n) is 1.81. The van der Waals surface area contributed by atoms with Gasteiger partial charge in [-0.3, -0.25) is 0 Å². The smallest absolute Gasteiger partial charge is 0.184 e. The molecule has 2 N–H and O–H groups in total. The van der Waals surface area contributed by atoms with Gasteiger partial charge in [-0.1, -0.05) is 0 Å². The highest BCUT2D eigenvalue weighted by molar-refractivity contribution is 4.94. The Balaban J connectivity index is 2.12. The summed E-state index contributed by atoms with van der Waals surface area (Å²) in [6, 6.07) is 0. The van der Waals surface area contributed by atoms with E-state index in [2.05, 4.69) is 0 Å². The van der Waals surface area contributed by atoms with Crippen LogP contribution in [0.2, 0.25) is 0 Å². The second kappa shape index (κ2) is 2.90. The van der Waals surface area contributed by atoms with Crippen LogP contribution in [0.5, 0.6) is 0 Å². The molecule has 3 unspecified atom stereocenters. The Labute approximate surface area is 76.2 Å². The van der Waals surface area contributed by atoms with E-state index in [9.17, 15) is 5.11 Å². The van der Waals surface area contributed by atoms with Gasteiger partial charge in [-0.25, -0.2) is 0 Å². The van der Waals surface area contributed by atoms with Gasteiger partial charge in [0.2, 0.25) is 0 Å². The maximum Gasteiger partial charge on any atom is 0.184 e. The van der Waals surface area contributed by atoms with Crippen molar-refractivity contribution in [1.29, 1.82) is 0 Å². The Hall–Kier alpha value is -0.200. The topological polar surface area (TPSA) is 68.2 Å². The Morgan fingerprint density at radius 2 is 1.85 bits per heavy atom. The molecule has 2 aliphatic heterocycles. The third-order valence-corrected chi connectivity index (χ3v) is 2.31. The van der Waals surface area contributed by atoms with Crippen molar-refractivity contribution >= 4 is 0 Å². The summed E-state index contributed by atoms with van der Waals surface area (Å²) in [5.41, 5.74) is 0. The van der Waals surface area contributed by atoms with Gasteiger partial charge in [0.05, 0.1) is 6.61 Å². The second-order valence-corrected chi connectivity index (χ2v) is 3.81. The minimum atomic E-state index is -0.996. The van der Waals surface area contributed by atoms with Gasteiger partial charge in [0.1, 0.15) is 18.3 Å². The van der Waals surface area contributed by atoms with Crippen LogP contribution >= 0.6 is 0 Å². The zero-order valence-electron chi connectivity index (χ0n) is 7.64. The van der Waals surface area contributed by atoms with Crippen molar-refractivity contribution < 1.29 is 24.4 Å². The van der Waals surface area contributed by atoms with Crippen molar-refractivity contribution in [2.75, 3.05) is 6.61 Å². The molecule has 2 aliphatic rings. The third-order valence-electron chi connectivity index (χ3n) is 2.31. The highest BCUT2D eigenvalue weighted by Gasteiger charge is 2.54. The average molecular weight is 190 g/mol. The lowest BCUT2D eigenvalue weighted by atomic mass is 10.1. The Bertz CT molecular complexity index is 205. The van der Waals surface area contributed by atoms with Crippen molar-refractivity contribution in [1.82, 2.24) is 0 Å². The summed E-state index contributed by atoms with van der Waals surface area (Å²) in [5, 5.41) is 18.3. The summed E-state index contributed by atoms with van der Waals surface area (Å²) in [6.07, 6.45) is -2.33. The van der Waals surface area contributed by atoms with E-state index in [0.29, 0.717) is 0 Å². The monoisotopic (exact) mass is 190 g/mol. The van der Waals surface area contributed by atoms with E-state index in [-0.39, 0.29) is 12.7 Å². The maximum absolute atomic E-state index is 9.39. The van der Waals surface area contributed by atoms with Crippen molar-refractivity contribution in [2.24, 2.45) is 0 Å². The molecule has 0 aromatic carbocycles. The predicted molar refractivity (Wildman–Crippen MR) is 41.8 cm³/mol. The lowest BCUT2D eigenvalue weighted by Gasteiger charge is -2.21. The number of aliphatic hydroxyl groups excluding tert-OH is 2. The lowest BCUT2D eigenvalue weighted by Crippen LogP contribution is -2.31. The van der Waals surface area contributed by atoms with E-state index < -0.39 is 24.3 Å². The fraction of sp³-hybridized carbons (Fsp3) is 1.00. The number of fused-ring (bicyclic) bond motifs is 1. The highest BCUT2D eigenvalue weighted by atomic mass is 16.8. The minimum Gasteiger partial charge on any atom is -0.394 e. The Kier molecular flexibility index (Phi) is 2.08. The van der Waals surface area contributed by atoms with Gasteiger partial charge in [0.15, 0.2) is 12.1 Å². The van der Waals surface area contributed by atoms with E-state index >= 15 is 0 Å². The molecule has 2 heterocycles. The third kappa shape index (κ3) is 1.47. The van der Waals surface area contributed by atoms with Gasteiger partial charge >= 0.3 is 0 Å². The first-order chi connectivity index (χ1) is 6.03. The van der Waals surface area contributed by atoms with Crippen LogP contribution in [0.15, 0.2) is 0 Å². The Morgan fingerprint density at radius 3 is 2.46 bits per heavy atom. The van der Waals surface area contributed by atoms with Crippen LogP contribution in [0.4, 0.5) is 0 Å². The minimum absolute atomic E-state index is 0.169. The first-order valence-electron chi connectivity index (χ1n) is 4.33. The zero-order valence-corrected chi connectivity index (χ0v) is 7.64. The molecule has 0 amide bonds. The predicted octanol–water partition coefficient (Wildman–Crippen LogP) is -0.784. The summed E-state index contributed by atoms with van der Waals surface area (Å²) in [7, 11) is 0. The summed E-state index contributed by atoms with van der Waals surface area (Å²) < 4.78 is 15.9. The largest absolute Gasteiger partial charge is 0.394 e. The summed E-state index contributed by atoms with van der Waals surface area (Å²) in [4.78, 5) is 0. The van der Waals surface area contributed by atoms with Crippen LogP contribution in [0.1, 0.15) is 13.8 Å². The Morgan fingerprint density at radius 1 is 1.23 bits per heavy atom. The molecular weight excluding hydrogens is 176 g/mol. The van der Waals surface area contributed by atoms with Crippen molar-refractivity contribution in [3.63, 3.8) is 0 Å². The van der Waals surface area contributed by atoms with Gasteiger partial charge in [-0.15, -0.1) is 0 Å². The van der Waals surface area contributed by atoms with Gasteiger partial charge in [-0.2, -0.15) is 0 Å². The molecule has 2 fully saturated rings. The quantitative estimate of drug-likeness (QED) is 0.567. The lowest BCUT2D eigenvalue weighted by molar-refractivity contribution is -0.223. The number of ether oxygens (including phenoxy) is 3. The molecule has 76 valence electrons. The van der Waals surface area contributed by atoms with E-state index in [1.165, 1.54) is 0 Å².